The van der Waals surface area contributed by atoms with E-state index < -0.39 is 11.7 Å². The molecule has 0 aromatic carbocycles. The first kappa shape index (κ1) is 13.2. The molecule has 0 amide bonds. The average molecular weight is 258 g/mol. The van der Waals surface area contributed by atoms with Crippen molar-refractivity contribution in [1.82, 2.24) is 5.32 Å². The zero-order chi connectivity index (χ0) is 13.2. The maximum absolute atomic E-state index is 12.6. The molecule has 2 aliphatic heterocycles. The van der Waals surface area contributed by atoms with Gasteiger partial charge < -0.3 is 5.32 Å². The third-order valence-electron chi connectivity index (χ3n) is 3.34. The van der Waals surface area contributed by atoms with Crippen molar-refractivity contribution < 1.29 is 13.2 Å². The molecule has 5 heteroatoms. The number of fused-ring (bicyclic) bond motifs is 1. The van der Waals surface area contributed by atoms with Gasteiger partial charge in [-0.1, -0.05) is 25.8 Å². The monoisotopic (exact) mass is 258 g/mol. The number of aliphatic imine (C=N–C) groups is 1. The van der Waals surface area contributed by atoms with Gasteiger partial charge in [-0.15, -0.1) is 0 Å². The Morgan fingerprint density at radius 3 is 2.78 bits per heavy atom. The average Bonchev–Trinajstić information content (AvgIpc) is 2.71. The highest BCUT2D eigenvalue weighted by atomic mass is 19.4. The maximum atomic E-state index is 12.6. The quantitative estimate of drug-likeness (QED) is 0.766. The molecule has 0 saturated heterocycles. The Bertz CT molecular complexity index is 394. The zero-order valence-electron chi connectivity index (χ0n) is 10.3. The Kier molecular flexibility index (Phi) is 3.78. The van der Waals surface area contributed by atoms with Crippen molar-refractivity contribution in [2.45, 2.75) is 44.9 Å². The van der Waals surface area contributed by atoms with Crippen molar-refractivity contribution in [3.63, 3.8) is 0 Å². The Morgan fingerprint density at radius 2 is 2.11 bits per heavy atom. The first-order valence-corrected chi connectivity index (χ1v) is 6.29. The highest BCUT2D eigenvalue weighted by Crippen LogP contribution is 2.35. The molecule has 2 nitrogen and oxygen atoms in total. The van der Waals surface area contributed by atoms with E-state index in [1.807, 2.05) is 6.20 Å². The van der Waals surface area contributed by atoms with E-state index in [1.165, 1.54) is 6.08 Å². The van der Waals surface area contributed by atoms with Crippen LogP contribution in [0.5, 0.6) is 0 Å². The SMILES string of the molecule is CCCCCC1=CNC2N=CC(C(F)(F)F)=CC12. The lowest BCUT2D eigenvalue weighted by Gasteiger charge is -2.22. The molecule has 0 aromatic rings. The summed E-state index contributed by atoms with van der Waals surface area (Å²) in [5, 5.41) is 3.04. The molecular formula is C13H17F3N2. The predicted octanol–water partition coefficient (Wildman–Crippen LogP) is 3.57. The summed E-state index contributed by atoms with van der Waals surface area (Å²) < 4.78 is 37.9. The van der Waals surface area contributed by atoms with E-state index in [0.717, 1.165) is 37.5 Å². The number of rotatable bonds is 4. The number of nitrogens with zero attached hydrogens (tertiary/aromatic N) is 1. The van der Waals surface area contributed by atoms with Gasteiger partial charge in [0.15, 0.2) is 0 Å². The number of hydrogen-bond acceptors (Lipinski definition) is 2. The molecule has 0 fully saturated rings. The fraction of sp³-hybridized carbons (Fsp3) is 0.615. The summed E-state index contributed by atoms with van der Waals surface area (Å²) >= 11 is 0. The molecule has 0 saturated carbocycles. The number of halogens is 3. The molecule has 0 radical (unpaired) electrons. The largest absolute Gasteiger partial charge is 0.417 e. The van der Waals surface area contributed by atoms with Crippen LogP contribution in [0.25, 0.3) is 0 Å². The van der Waals surface area contributed by atoms with Crippen LogP contribution in [0.15, 0.2) is 28.4 Å². The molecule has 0 bridgehead atoms. The van der Waals surface area contributed by atoms with Gasteiger partial charge in [0, 0.05) is 12.1 Å². The van der Waals surface area contributed by atoms with E-state index >= 15 is 0 Å². The summed E-state index contributed by atoms with van der Waals surface area (Å²) in [6.45, 7) is 2.11. The highest BCUT2D eigenvalue weighted by Gasteiger charge is 2.38. The van der Waals surface area contributed by atoms with Gasteiger partial charge in [0.1, 0.15) is 6.17 Å². The number of nitrogens with one attached hydrogen (secondary N) is 1. The maximum Gasteiger partial charge on any atom is 0.417 e. The van der Waals surface area contributed by atoms with Gasteiger partial charge in [0.2, 0.25) is 0 Å². The first-order valence-electron chi connectivity index (χ1n) is 6.29. The Balaban J connectivity index is 2.05. The van der Waals surface area contributed by atoms with Gasteiger partial charge >= 0.3 is 6.18 Å². The van der Waals surface area contributed by atoms with E-state index in [4.69, 9.17) is 0 Å². The fourth-order valence-corrected chi connectivity index (χ4v) is 2.31. The topological polar surface area (TPSA) is 24.4 Å². The van der Waals surface area contributed by atoms with Crippen molar-refractivity contribution >= 4 is 6.21 Å². The van der Waals surface area contributed by atoms with Crippen LogP contribution >= 0.6 is 0 Å². The third-order valence-corrected chi connectivity index (χ3v) is 3.34. The highest BCUT2D eigenvalue weighted by molar-refractivity contribution is 5.81. The standard InChI is InChI=1S/C13H17F3N2/c1-2-3-4-5-9-7-17-12-11(9)6-10(8-18-12)13(14,15)16/h6-8,11-12,17H,2-5H2,1H3. The van der Waals surface area contributed by atoms with Gasteiger partial charge in [0.05, 0.1) is 5.57 Å². The van der Waals surface area contributed by atoms with E-state index in [2.05, 4.69) is 17.2 Å². The number of dihydropyridines is 1. The van der Waals surface area contributed by atoms with Crippen molar-refractivity contribution in [2.75, 3.05) is 0 Å². The van der Waals surface area contributed by atoms with Crippen LogP contribution in [0.3, 0.4) is 0 Å². The smallest absolute Gasteiger partial charge is 0.369 e. The van der Waals surface area contributed by atoms with Crippen molar-refractivity contribution in [3.05, 3.63) is 23.4 Å². The molecule has 1 N–H and O–H groups in total. The molecular weight excluding hydrogens is 241 g/mol. The van der Waals surface area contributed by atoms with Gasteiger partial charge in [-0.2, -0.15) is 13.2 Å². The zero-order valence-corrected chi connectivity index (χ0v) is 10.3. The van der Waals surface area contributed by atoms with Gasteiger partial charge in [-0.3, -0.25) is 4.99 Å². The van der Waals surface area contributed by atoms with Crippen LogP contribution in [0, 0.1) is 5.92 Å². The lowest BCUT2D eigenvalue weighted by atomic mass is 9.91. The van der Waals surface area contributed by atoms with Crippen LogP contribution in [0.4, 0.5) is 13.2 Å². The third kappa shape index (κ3) is 2.76. The molecule has 0 spiro atoms. The Hall–Kier alpha value is -1.26. The summed E-state index contributed by atoms with van der Waals surface area (Å²) in [6, 6.07) is 0. The summed E-state index contributed by atoms with van der Waals surface area (Å²) in [5.74, 6) is -0.233. The molecule has 2 rings (SSSR count). The molecule has 2 unspecified atom stereocenters. The van der Waals surface area contributed by atoms with Gasteiger partial charge in [-0.05, 0) is 24.6 Å². The number of alkyl halides is 3. The minimum atomic E-state index is -4.30. The molecule has 0 aliphatic carbocycles. The Morgan fingerprint density at radius 1 is 1.33 bits per heavy atom. The molecule has 2 atom stereocenters. The summed E-state index contributed by atoms with van der Waals surface area (Å²) in [7, 11) is 0. The van der Waals surface area contributed by atoms with Crippen molar-refractivity contribution in [2.24, 2.45) is 10.9 Å². The fourth-order valence-electron chi connectivity index (χ4n) is 2.31. The molecule has 2 aliphatic rings. The van der Waals surface area contributed by atoms with E-state index in [0.29, 0.717) is 0 Å². The minimum Gasteiger partial charge on any atom is -0.369 e. The van der Waals surface area contributed by atoms with Crippen LogP contribution in [-0.4, -0.2) is 18.6 Å². The number of unbranched alkanes of at least 4 members (excludes halogenated alkanes) is 2. The number of allylic oxidation sites excluding steroid dienone is 1. The second-order valence-electron chi connectivity index (χ2n) is 4.71. The second kappa shape index (κ2) is 5.16. The summed E-state index contributed by atoms with van der Waals surface area (Å²) in [6.07, 6.45) is 3.60. The predicted molar refractivity (Wildman–Crippen MR) is 65.3 cm³/mol. The van der Waals surface area contributed by atoms with Crippen molar-refractivity contribution in [3.8, 4) is 0 Å². The molecule has 0 aromatic heterocycles. The minimum absolute atomic E-state index is 0.233. The van der Waals surface area contributed by atoms with E-state index in [-0.39, 0.29) is 12.1 Å². The molecule has 18 heavy (non-hydrogen) atoms. The molecule has 2 heterocycles. The van der Waals surface area contributed by atoms with E-state index in [9.17, 15) is 13.2 Å². The number of hydrogen-bond donors (Lipinski definition) is 1. The summed E-state index contributed by atoms with van der Waals surface area (Å²) in [4.78, 5) is 3.94. The lowest BCUT2D eigenvalue weighted by Crippen LogP contribution is -2.30. The van der Waals surface area contributed by atoms with Crippen LogP contribution < -0.4 is 5.32 Å². The van der Waals surface area contributed by atoms with Crippen molar-refractivity contribution in [1.29, 1.82) is 0 Å². The lowest BCUT2D eigenvalue weighted by molar-refractivity contribution is -0.0862. The van der Waals surface area contributed by atoms with E-state index in [1.54, 1.807) is 0 Å². The Labute approximate surface area is 105 Å². The van der Waals surface area contributed by atoms with Gasteiger partial charge in [0.25, 0.3) is 0 Å². The van der Waals surface area contributed by atoms with Gasteiger partial charge in [-0.25, -0.2) is 0 Å². The second-order valence-corrected chi connectivity index (χ2v) is 4.71. The van der Waals surface area contributed by atoms with Crippen LogP contribution in [0.1, 0.15) is 32.6 Å². The summed E-state index contributed by atoms with van der Waals surface area (Å²) in [5.41, 5.74) is 0.404. The normalized spacial score (nSPS) is 26.4. The van der Waals surface area contributed by atoms with Crippen LogP contribution in [-0.2, 0) is 0 Å². The van der Waals surface area contributed by atoms with Crippen LogP contribution in [0.2, 0.25) is 0 Å². The molecule has 100 valence electrons. The first-order chi connectivity index (χ1) is 8.52.